The molecule has 0 bridgehead atoms. The van der Waals surface area contributed by atoms with Crippen LogP contribution in [-0.4, -0.2) is 28.2 Å². The van der Waals surface area contributed by atoms with Crippen LogP contribution < -0.4 is 4.72 Å². The Morgan fingerprint density at radius 3 is 2.72 bits per heavy atom. The molecule has 2 heterocycles. The van der Waals surface area contributed by atoms with E-state index in [-0.39, 0.29) is 21.9 Å². The Morgan fingerprint density at radius 2 is 2.22 bits per heavy atom. The molecule has 7 nitrogen and oxygen atoms in total. The van der Waals surface area contributed by atoms with Crippen molar-refractivity contribution in [1.82, 2.24) is 19.7 Å². The van der Waals surface area contributed by atoms with Gasteiger partial charge in [0.15, 0.2) is 10.8 Å². The predicted molar refractivity (Wildman–Crippen MR) is 67.0 cm³/mol. The van der Waals surface area contributed by atoms with Gasteiger partial charge in [0.1, 0.15) is 5.02 Å². The highest BCUT2D eigenvalue weighted by Gasteiger charge is 2.20. The highest BCUT2D eigenvalue weighted by molar-refractivity contribution is 7.92. The van der Waals surface area contributed by atoms with Crippen molar-refractivity contribution in [3.05, 3.63) is 23.7 Å². The number of anilines is 1. The minimum absolute atomic E-state index is 0.0677. The Bertz CT molecular complexity index is 645. The summed E-state index contributed by atoms with van der Waals surface area (Å²) in [5, 5.41) is 6.21. The normalized spacial score (nSPS) is 12.0. The number of aromatic amines is 1. The summed E-state index contributed by atoms with van der Waals surface area (Å²) in [7, 11) is -3.76. The summed E-state index contributed by atoms with van der Waals surface area (Å²) in [5.74, 6) is 0.121. The Balaban J connectivity index is 2.28. The summed E-state index contributed by atoms with van der Waals surface area (Å²) in [4.78, 5) is 3.85. The van der Waals surface area contributed by atoms with Gasteiger partial charge in [-0.2, -0.15) is 13.5 Å². The lowest BCUT2D eigenvalue weighted by atomic mass is 10.4. The molecule has 0 radical (unpaired) electrons. The van der Waals surface area contributed by atoms with Crippen molar-refractivity contribution in [2.75, 3.05) is 4.72 Å². The molecular formula is C9H12ClN5O2S. The second kappa shape index (κ2) is 4.62. The third-order valence-corrected chi connectivity index (χ3v) is 3.80. The molecule has 0 fully saturated rings. The van der Waals surface area contributed by atoms with E-state index in [1.54, 1.807) is 4.57 Å². The molecule has 0 aliphatic heterocycles. The van der Waals surface area contributed by atoms with E-state index in [0.29, 0.717) is 0 Å². The number of imidazole rings is 1. The van der Waals surface area contributed by atoms with Crippen LogP contribution in [0, 0.1) is 0 Å². The van der Waals surface area contributed by atoms with E-state index >= 15 is 0 Å². The average Bonchev–Trinajstić information content (AvgIpc) is 2.88. The van der Waals surface area contributed by atoms with Crippen LogP contribution in [0.2, 0.25) is 5.02 Å². The summed E-state index contributed by atoms with van der Waals surface area (Å²) < 4.78 is 28.0. The monoisotopic (exact) mass is 289 g/mol. The van der Waals surface area contributed by atoms with Crippen LogP contribution in [0.15, 0.2) is 23.7 Å². The number of hydrogen-bond acceptors (Lipinski definition) is 4. The van der Waals surface area contributed by atoms with Gasteiger partial charge in [-0.25, -0.2) is 4.98 Å². The van der Waals surface area contributed by atoms with Gasteiger partial charge in [-0.15, -0.1) is 0 Å². The van der Waals surface area contributed by atoms with Gasteiger partial charge in [-0.1, -0.05) is 11.6 Å². The van der Waals surface area contributed by atoms with Crippen molar-refractivity contribution >= 4 is 27.4 Å². The van der Waals surface area contributed by atoms with Gasteiger partial charge in [0, 0.05) is 12.2 Å². The Kier molecular flexibility index (Phi) is 3.31. The lowest BCUT2D eigenvalue weighted by Gasteiger charge is -2.05. The highest BCUT2D eigenvalue weighted by Crippen LogP contribution is 2.20. The van der Waals surface area contributed by atoms with Gasteiger partial charge in [0.25, 0.3) is 10.0 Å². The van der Waals surface area contributed by atoms with Crippen molar-refractivity contribution in [2.45, 2.75) is 24.9 Å². The fraction of sp³-hybridized carbons (Fsp3) is 0.333. The quantitative estimate of drug-likeness (QED) is 0.895. The first-order valence-corrected chi connectivity index (χ1v) is 7.01. The second-order valence-electron chi connectivity index (χ2n) is 3.95. The topological polar surface area (TPSA) is 92.7 Å². The highest BCUT2D eigenvalue weighted by atomic mass is 35.5. The number of nitrogens with one attached hydrogen (secondary N) is 2. The van der Waals surface area contributed by atoms with Crippen molar-refractivity contribution in [2.24, 2.45) is 0 Å². The summed E-state index contributed by atoms with van der Waals surface area (Å²) in [6.45, 7) is 3.86. The molecule has 0 aromatic carbocycles. The minimum Gasteiger partial charge on any atom is -0.334 e. The molecule has 2 rings (SSSR count). The van der Waals surface area contributed by atoms with E-state index in [9.17, 15) is 8.42 Å². The van der Waals surface area contributed by atoms with Gasteiger partial charge in [0.05, 0.1) is 12.5 Å². The van der Waals surface area contributed by atoms with Gasteiger partial charge in [-0.3, -0.25) is 9.82 Å². The number of aromatic nitrogens is 4. The molecule has 0 saturated heterocycles. The van der Waals surface area contributed by atoms with Crippen molar-refractivity contribution in [1.29, 1.82) is 0 Å². The standard InChI is InChI=1S/C9H12ClN5O2S/c1-6(2)15-4-8(11-5-15)18(16,17)14-9-7(10)3-12-13-9/h3-6H,1-2H3,(H2,12,13,14). The van der Waals surface area contributed by atoms with Gasteiger partial charge in [-0.05, 0) is 13.8 Å². The van der Waals surface area contributed by atoms with Crippen LogP contribution in [0.4, 0.5) is 5.82 Å². The van der Waals surface area contributed by atoms with Crippen molar-refractivity contribution in [3.8, 4) is 0 Å². The fourth-order valence-corrected chi connectivity index (χ4v) is 2.44. The molecule has 9 heteroatoms. The number of hydrogen-bond donors (Lipinski definition) is 2. The van der Waals surface area contributed by atoms with E-state index in [2.05, 4.69) is 19.9 Å². The van der Waals surface area contributed by atoms with E-state index < -0.39 is 10.0 Å². The molecule has 0 atom stereocenters. The summed E-state index contributed by atoms with van der Waals surface area (Å²) in [6.07, 6.45) is 4.23. The van der Waals surface area contributed by atoms with E-state index in [0.717, 1.165) is 0 Å². The van der Waals surface area contributed by atoms with Crippen LogP contribution in [0.1, 0.15) is 19.9 Å². The van der Waals surface area contributed by atoms with Crippen molar-refractivity contribution in [3.63, 3.8) is 0 Å². The first kappa shape index (κ1) is 12.9. The van der Waals surface area contributed by atoms with E-state index in [1.165, 1.54) is 18.7 Å². The largest absolute Gasteiger partial charge is 0.334 e. The number of sulfonamides is 1. The van der Waals surface area contributed by atoms with Gasteiger partial charge < -0.3 is 4.57 Å². The molecule has 2 aromatic heterocycles. The zero-order valence-electron chi connectivity index (χ0n) is 9.75. The Hall–Kier alpha value is -1.54. The van der Waals surface area contributed by atoms with Gasteiger partial charge in [0.2, 0.25) is 0 Å². The average molecular weight is 290 g/mol. The van der Waals surface area contributed by atoms with Crippen LogP contribution in [0.3, 0.4) is 0 Å². The zero-order chi connectivity index (χ0) is 13.3. The molecule has 98 valence electrons. The molecule has 0 amide bonds. The summed E-state index contributed by atoms with van der Waals surface area (Å²) in [6, 6.07) is 0.136. The first-order valence-electron chi connectivity index (χ1n) is 5.15. The van der Waals surface area contributed by atoms with Gasteiger partial charge >= 0.3 is 0 Å². The predicted octanol–water partition coefficient (Wildman–Crippen LogP) is 1.64. The molecular weight excluding hydrogens is 278 g/mol. The Morgan fingerprint density at radius 1 is 1.50 bits per heavy atom. The lowest BCUT2D eigenvalue weighted by molar-refractivity contribution is 0.591. The summed E-state index contributed by atoms with van der Waals surface area (Å²) >= 11 is 5.74. The van der Waals surface area contributed by atoms with E-state index in [1.807, 2.05) is 13.8 Å². The zero-order valence-corrected chi connectivity index (χ0v) is 11.3. The molecule has 2 N–H and O–H groups in total. The first-order chi connectivity index (χ1) is 8.40. The van der Waals surface area contributed by atoms with Crippen LogP contribution in [-0.2, 0) is 10.0 Å². The smallest absolute Gasteiger partial charge is 0.282 e. The maximum Gasteiger partial charge on any atom is 0.282 e. The number of halogens is 1. The van der Waals surface area contributed by atoms with Crippen LogP contribution in [0.25, 0.3) is 0 Å². The molecule has 0 aliphatic carbocycles. The molecule has 2 aromatic rings. The third-order valence-electron chi connectivity index (χ3n) is 2.28. The fourth-order valence-electron chi connectivity index (χ4n) is 1.27. The Labute approximate surface area is 109 Å². The number of nitrogens with zero attached hydrogens (tertiary/aromatic N) is 3. The second-order valence-corrected chi connectivity index (χ2v) is 5.99. The maximum absolute atomic E-state index is 12.0. The minimum atomic E-state index is -3.76. The molecule has 0 saturated carbocycles. The SMILES string of the molecule is CC(C)n1cnc(S(=O)(=O)Nc2[nH]ncc2Cl)c1. The van der Waals surface area contributed by atoms with Crippen molar-refractivity contribution < 1.29 is 8.42 Å². The molecule has 0 aliphatic rings. The lowest BCUT2D eigenvalue weighted by Crippen LogP contribution is -2.14. The number of H-pyrrole nitrogens is 1. The molecule has 0 spiro atoms. The molecule has 0 unspecified atom stereocenters. The van der Waals surface area contributed by atoms with E-state index in [4.69, 9.17) is 11.6 Å². The van der Waals surface area contributed by atoms with Crippen LogP contribution >= 0.6 is 11.6 Å². The summed E-state index contributed by atoms with van der Waals surface area (Å²) in [5.41, 5.74) is 0. The molecule has 18 heavy (non-hydrogen) atoms. The maximum atomic E-state index is 12.0. The van der Waals surface area contributed by atoms with Crippen LogP contribution in [0.5, 0.6) is 0 Å². The number of rotatable bonds is 4. The third kappa shape index (κ3) is 2.49.